The molecule has 6 rings (SSSR count). The molecule has 0 bridgehead atoms. The lowest BCUT2D eigenvalue weighted by Crippen LogP contribution is -2.52. The average molecular weight is 659 g/mol. The van der Waals surface area contributed by atoms with Crippen LogP contribution in [0.2, 0.25) is 5.02 Å². The van der Waals surface area contributed by atoms with Crippen LogP contribution >= 0.6 is 11.6 Å². The molecule has 2 heterocycles. The number of rotatable bonds is 9. The first-order valence-corrected chi connectivity index (χ1v) is 16.9. The smallest absolute Gasteiger partial charge is 0.251 e. The molecule has 4 N–H and O–H groups in total. The van der Waals surface area contributed by atoms with Crippen LogP contribution in [-0.4, -0.2) is 41.2 Å². The highest BCUT2D eigenvalue weighted by Gasteiger charge is 2.45. The number of nitrogens with one attached hydrogen (secondary N) is 2. The molecule has 0 aliphatic heterocycles. The number of fused-ring (bicyclic) bond motifs is 1. The van der Waals surface area contributed by atoms with Crippen LogP contribution < -0.4 is 15.8 Å². The summed E-state index contributed by atoms with van der Waals surface area (Å²) in [6.07, 6.45) is 5.82. The maximum Gasteiger partial charge on any atom is 0.251 e. The molecular formula is C32H34ClF3N6O2S. The van der Waals surface area contributed by atoms with Crippen molar-refractivity contribution in [3.63, 3.8) is 0 Å². The van der Waals surface area contributed by atoms with Gasteiger partial charge in [-0.3, -0.25) is 9.40 Å². The fourth-order valence-corrected chi connectivity index (χ4v) is 7.63. The number of benzene rings is 2. The largest absolute Gasteiger partial charge is 0.383 e. The van der Waals surface area contributed by atoms with E-state index in [4.69, 9.17) is 22.4 Å². The van der Waals surface area contributed by atoms with Gasteiger partial charge >= 0.3 is 0 Å². The maximum absolute atomic E-state index is 15.4. The predicted octanol–water partition coefficient (Wildman–Crippen LogP) is 7.32. The van der Waals surface area contributed by atoms with Crippen LogP contribution in [0.15, 0.2) is 54.7 Å². The highest BCUT2D eigenvalue weighted by atomic mass is 35.5. The Labute approximate surface area is 264 Å². The first kappa shape index (κ1) is 31.4. The van der Waals surface area contributed by atoms with E-state index < -0.39 is 27.5 Å². The van der Waals surface area contributed by atoms with Gasteiger partial charge in [0.05, 0.1) is 22.3 Å². The Balaban J connectivity index is 1.29. The number of alkyl halides is 2. The van der Waals surface area contributed by atoms with Crippen LogP contribution in [0.4, 0.5) is 24.7 Å². The molecule has 2 aromatic carbocycles. The fraction of sp³-hybridized carbons (Fsp3) is 0.375. The van der Waals surface area contributed by atoms with Gasteiger partial charge in [-0.2, -0.15) is 5.10 Å². The Morgan fingerprint density at radius 2 is 1.91 bits per heavy atom. The molecule has 0 saturated heterocycles. The second-order valence-corrected chi connectivity index (χ2v) is 14.3. The summed E-state index contributed by atoms with van der Waals surface area (Å²) in [5.41, 5.74) is 10.1. The van der Waals surface area contributed by atoms with Crippen molar-refractivity contribution in [2.75, 3.05) is 10.5 Å². The molecule has 1 saturated carbocycles. The number of sulfonamides is 1. The molecule has 238 valence electrons. The number of pyridine rings is 1. The highest BCUT2D eigenvalue weighted by Crippen LogP contribution is 2.41. The standard InChI is InChI=1S/C32H34ClF3N6O2S/c1-18(2)42-30-24(19-7-10-22(11-8-19)39-23-14-32(35,36)15-23)16-38-31(37)28(30)29(40-42)20-9-12-27(26(34)13-20)41-45(43,44)17-21-5-3-4-6-25(21)33/h3-7,9,12-13,16,18,22-23,39,41H,8,10-11,14-15,17H2,1-2H3,(H2,37,38)/t22-/m0/s1. The summed E-state index contributed by atoms with van der Waals surface area (Å²) in [6.45, 7) is 3.97. The van der Waals surface area contributed by atoms with Crippen molar-refractivity contribution < 1.29 is 21.6 Å². The molecule has 1 fully saturated rings. The van der Waals surface area contributed by atoms with E-state index in [1.165, 1.54) is 12.1 Å². The van der Waals surface area contributed by atoms with Gasteiger partial charge in [-0.1, -0.05) is 41.9 Å². The zero-order valence-electron chi connectivity index (χ0n) is 24.8. The second-order valence-electron chi connectivity index (χ2n) is 12.1. The molecule has 2 aliphatic rings. The molecule has 4 aromatic rings. The fourth-order valence-electron chi connectivity index (χ4n) is 6.12. The van der Waals surface area contributed by atoms with Crippen LogP contribution in [0.25, 0.3) is 27.7 Å². The Hall–Kier alpha value is -3.61. The van der Waals surface area contributed by atoms with Gasteiger partial charge in [0.15, 0.2) is 0 Å². The third kappa shape index (κ3) is 6.54. The normalized spacial score (nSPS) is 18.6. The van der Waals surface area contributed by atoms with Gasteiger partial charge in [-0.25, -0.2) is 26.6 Å². The number of aromatic nitrogens is 3. The molecule has 8 nitrogen and oxygen atoms in total. The first-order valence-electron chi connectivity index (χ1n) is 14.8. The molecule has 2 aromatic heterocycles. The van der Waals surface area contributed by atoms with Crippen LogP contribution in [0.3, 0.4) is 0 Å². The number of allylic oxidation sites excluding steroid dienone is 1. The number of nitrogens with zero attached hydrogens (tertiary/aromatic N) is 3. The van der Waals surface area contributed by atoms with Crippen molar-refractivity contribution in [2.45, 2.75) is 75.8 Å². The monoisotopic (exact) mass is 658 g/mol. The summed E-state index contributed by atoms with van der Waals surface area (Å²) in [5, 5.41) is 9.08. The van der Waals surface area contributed by atoms with Gasteiger partial charge in [0.2, 0.25) is 10.0 Å². The minimum atomic E-state index is -3.96. The van der Waals surface area contributed by atoms with Crippen LogP contribution in [-0.2, 0) is 15.8 Å². The summed E-state index contributed by atoms with van der Waals surface area (Å²) >= 11 is 6.12. The van der Waals surface area contributed by atoms with Gasteiger partial charge < -0.3 is 11.1 Å². The second kappa shape index (κ2) is 12.0. The Bertz CT molecular complexity index is 1900. The number of hydrogen-bond acceptors (Lipinski definition) is 6. The summed E-state index contributed by atoms with van der Waals surface area (Å²) in [7, 11) is -3.96. The Morgan fingerprint density at radius 1 is 1.16 bits per heavy atom. The molecule has 1 atom stereocenters. The molecule has 0 amide bonds. The molecule has 2 aliphatic carbocycles. The van der Waals surface area contributed by atoms with Gasteiger partial charge in [0.1, 0.15) is 17.3 Å². The van der Waals surface area contributed by atoms with E-state index in [0.29, 0.717) is 33.7 Å². The zero-order valence-corrected chi connectivity index (χ0v) is 26.4. The minimum Gasteiger partial charge on any atom is -0.383 e. The zero-order chi connectivity index (χ0) is 32.1. The lowest BCUT2D eigenvalue weighted by atomic mass is 9.85. The van der Waals surface area contributed by atoms with Crippen molar-refractivity contribution in [1.29, 1.82) is 0 Å². The summed E-state index contributed by atoms with van der Waals surface area (Å²) in [4.78, 5) is 4.47. The van der Waals surface area contributed by atoms with Crippen LogP contribution in [0.5, 0.6) is 0 Å². The van der Waals surface area contributed by atoms with Gasteiger partial charge in [0.25, 0.3) is 5.92 Å². The molecule has 13 heteroatoms. The van der Waals surface area contributed by atoms with Crippen molar-refractivity contribution in [3.05, 3.63) is 76.7 Å². The SMILES string of the molecule is CC(C)n1nc(-c2ccc(NS(=O)(=O)Cc3ccccc3Cl)c(F)c2)c2c(N)ncc(C3=CC[C@H](NC4CC(F)(F)C4)CC3)c21. The van der Waals surface area contributed by atoms with E-state index in [1.807, 2.05) is 18.5 Å². The number of halogens is 4. The number of anilines is 2. The van der Waals surface area contributed by atoms with Crippen LogP contribution in [0.1, 0.15) is 63.1 Å². The van der Waals surface area contributed by atoms with Crippen molar-refractivity contribution >= 4 is 49.6 Å². The summed E-state index contributed by atoms with van der Waals surface area (Å²) < 4.78 is 71.8. The number of nitrogens with two attached hydrogens (primary N) is 1. The van der Waals surface area contributed by atoms with Gasteiger partial charge in [0, 0.05) is 53.3 Å². The molecule has 0 spiro atoms. The third-order valence-electron chi connectivity index (χ3n) is 8.37. The summed E-state index contributed by atoms with van der Waals surface area (Å²) in [6, 6.07) is 10.7. The first-order chi connectivity index (χ1) is 21.3. The van der Waals surface area contributed by atoms with Crippen molar-refractivity contribution in [1.82, 2.24) is 20.1 Å². The maximum atomic E-state index is 15.4. The van der Waals surface area contributed by atoms with E-state index in [2.05, 4.69) is 21.1 Å². The number of hydrogen-bond donors (Lipinski definition) is 3. The molecule has 0 unspecified atom stereocenters. The highest BCUT2D eigenvalue weighted by molar-refractivity contribution is 7.91. The van der Waals surface area contributed by atoms with Crippen molar-refractivity contribution in [3.8, 4) is 11.3 Å². The van der Waals surface area contributed by atoms with E-state index in [0.717, 1.165) is 29.5 Å². The minimum absolute atomic E-state index is 0.0681. The van der Waals surface area contributed by atoms with E-state index in [9.17, 15) is 17.2 Å². The third-order valence-corrected chi connectivity index (χ3v) is 9.96. The lowest BCUT2D eigenvalue weighted by Gasteiger charge is -2.38. The molecular weight excluding hydrogens is 625 g/mol. The van der Waals surface area contributed by atoms with E-state index in [-0.39, 0.29) is 42.5 Å². The molecule has 45 heavy (non-hydrogen) atoms. The quantitative estimate of drug-likeness (QED) is 0.174. The van der Waals surface area contributed by atoms with E-state index in [1.54, 1.807) is 36.5 Å². The topological polar surface area (TPSA) is 115 Å². The predicted molar refractivity (Wildman–Crippen MR) is 172 cm³/mol. The molecule has 0 radical (unpaired) electrons. The Morgan fingerprint density at radius 3 is 2.56 bits per heavy atom. The number of nitrogen functional groups attached to an aromatic ring is 1. The Kier molecular flexibility index (Phi) is 8.34. The summed E-state index contributed by atoms with van der Waals surface area (Å²) in [5.74, 6) is -3.51. The average Bonchev–Trinajstić information content (AvgIpc) is 3.37. The lowest BCUT2D eigenvalue weighted by molar-refractivity contribution is -0.0948. The van der Waals surface area contributed by atoms with E-state index >= 15 is 4.39 Å². The van der Waals surface area contributed by atoms with Crippen molar-refractivity contribution in [2.24, 2.45) is 0 Å². The van der Waals surface area contributed by atoms with Gasteiger partial charge in [-0.05, 0) is 62.4 Å². The van der Waals surface area contributed by atoms with Gasteiger partial charge in [-0.15, -0.1) is 0 Å². The van der Waals surface area contributed by atoms with Crippen LogP contribution in [0, 0.1) is 5.82 Å².